The maximum Gasteiger partial charge on any atom is 0.267 e. The van der Waals surface area contributed by atoms with E-state index in [1.54, 1.807) is 12.3 Å². The molecule has 0 aromatic carbocycles. The first-order chi connectivity index (χ1) is 10.1. The number of hydrogen-bond acceptors (Lipinski definition) is 5. The van der Waals surface area contributed by atoms with E-state index in [0.29, 0.717) is 18.0 Å². The van der Waals surface area contributed by atoms with Crippen LogP contribution in [0.5, 0.6) is 0 Å². The molecule has 3 heterocycles. The van der Waals surface area contributed by atoms with E-state index >= 15 is 0 Å². The smallest absolute Gasteiger partial charge is 0.267 e. The van der Waals surface area contributed by atoms with Gasteiger partial charge in [0.15, 0.2) is 0 Å². The fourth-order valence-corrected chi connectivity index (χ4v) is 2.19. The van der Waals surface area contributed by atoms with Gasteiger partial charge in [0.2, 0.25) is 0 Å². The Balaban J connectivity index is 2.03. The summed E-state index contributed by atoms with van der Waals surface area (Å²) in [5.41, 5.74) is 2.86. The highest BCUT2D eigenvalue weighted by Gasteiger charge is 2.14. The van der Waals surface area contributed by atoms with Crippen molar-refractivity contribution in [1.82, 2.24) is 19.9 Å². The predicted octanol–water partition coefficient (Wildman–Crippen LogP) is 1.96. The van der Waals surface area contributed by atoms with E-state index in [1.807, 2.05) is 32.0 Å². The Morgan fingerprint density at radius 1 is 1.19 bits per heavy atom. The molecule has 0 saturated heterocycles. The molecule has 0 radical (unpaired) electrons. The van der Waals surface area contributed by atoms with Gasteiger partial charge in [0, 0.05) is 12.3 Å². The maximum absolute atomic E-state index is 11.9. The Bertz CT molecular complexity index is 802. The fourth-order valence-electron chi connectivity index (χ4n) is 2.19. The summed E-state index contributed by atoms with van der Waals surface area (Å²) in [6.45, 7) is 4.00. The van der Waals surface area contributed by atoms with E-state index < -0.39 is 0 Å². The van der Waals surface area contributed by atoms with Gasteiger partial charge in [0.25, 0.3) is 5.56 Å². The van der Waals surface area contributed by atoms with Gasteiger partial charge in [-0.25, -0.2) is 4.68 Å². The van der Waals surface area contributed by atoms with Crippen LogP contribution in [0, 0.1) is 13.8 Å². The molecule has 0 aliphatic rings. The average Bonchev–Trinajstić information content (AvgIpc) is 2.82. The van der Waals surface area contributed by atoms with Crippen molar-refractivity contribution in [2.24, 2.45) is 0 Å². The number of aromatic nitrogens is 4. The van der Waals surface area contributed by atoms with Crippen molar-refractivity contribution in [1.29, 1.82) is 0 Å². The Labute approximate surface area is 121 Å². The number of rotatable bonds is 3. The lowest BCUT2D eigenvalue weighted by Gasteiger charge is -2.06. The van der Waals surface area contributed by atoms with Crippen LogP contribution in [0.1, 0.15) is 17.1 Å². The third-order valence-corrected chi connectivity index (χ3v) is 3.19. The van der Waals surface area contributed by atoms with Crippen LogP contribution in [0.3, 0.4) is 0 Å². The summed E-state index contributed by atoms with van der Waals surface area (Å²) in [6, 6.07) is 8.75. The van der Waals surface area contributed by atoms with Gasteiger partial charge in [0.1, 0.15) is 5.76 Å². The third-order valence-electron chi connectivity index (χ3n) is 3.19. The van der Waals surface area contributed by atoms with Gasteiger partial charge in [-0.3, -0.25) is 9.78 Å². The number of hydrogen-bond donors (Lipinski definition) is 0. The Hall–Kier alpha value is -2.76. The first-order valence-corrected chi connectivity index (χ1v) is 6.56. The van der Waals surface area contributed by atoms with Crippen molar-refractivity contribution in [2.75, 3.05) is 0 Å². The monoisotopic (exact) mass is 282 g/mol. The predicted molar refractivity (Wildman–Crippen MR) is 76.8 cm³/mol. The highest BCUT2D eigenvalue weighted by Crippen LogP contribution is 2.23. The second kappa shape index (κ2) is 5.32. The first kappa shape index (κ1) is 13.2. The molecule has 0 fully saturated rings. The molecule has 6 heteroatoms. The lowest BCUT2D eigenvalue weighted by atomic mass is 10.1. The van der Waals surface area contributed by atoms with E-state index in [1.165, 1.54) is 10.7 Å². The second-order valence-corrected chi connectivity index (χ2v) is 4.73. The van der Waals surface area contributed by atoms with Crippen LogP contribution < -0.4 is 5.56 Å². The summed E-state index contributed by atoms with van der Waals surface area (Å²) < 4.78 is 6.54. The van der Waals surface area contributed by atoms with Crippen LogP contribution in [0.2, 0.25) is 0 Å². The van der Waals surface area contributed by atoms with Crippen molar-refractivity contribution < 1.29 is 4.52 Å². The van der Waals surface area contributed by atoms with Crippen molar-refractivity contribution in [3.8, 4) is 11.3 Å². The highest BCUT2D eigenvalue weighted by molar-refractivity contribution is 5.62. The molecule has 3 aromatic rings. The molecule has 0 bridgehead atoms. The minimum atomic E-state index is -0.170. The molecule has 0 saturated carbocycles. The molecule has 3 rings (SSSR count). The Morgan fingerprint density at radius 2 is 2.05 bits per heavy atom. The fraction of sp³-hybridized carbons (Fsp3) is 0.200. The highest BCUT2D eigenvalue weighted by atomic mass is 16.5. The van der Waals surface area contributed by atoms with Gasteiger partial charge < -0.3 is 4.52 Å². The summed E-state index contributed by atoms with van der Waals surface area (Å²) in [5.74, 6) is 0.683. The van der Waals surface area contributed by atoms with E-state index in [4.69, 9.17) is 4.52 Å². The maximum atomic E-state index is 11.9. The minimum Gasteiger partial charge on any atom is -0.361 e. The zero-order chi connectivity index (χ0) is 14.8. The molecule has 0 amide bonds. The molecule has 106 valence electrons. The zero-order valence-electron chi connectivity index (χ0n) is 11.8. The van der Waals surface area contributed by atoms with Crippen molar-refractivity contribution in [2.45, 2.75) is 20.4 Å². The van der Waals surface area contributed by atoms with Crippen LogP contribution in [0.4, 0.5) is 0 Å². The lowest BCUT2D eigenvalue weighted by molar-refractivity contribution is 0.393. The standard InChI is InChI=1S/C15H14N4O2/c1-10-15(11(2)21-18-10)13-6-7-14(20)19(17-13)9-12-5-3-4-8-16-12/h3-8H,9H2,1-2H3. The summed E-state index contributed by atoms with van der Waals surface area (Å²) in [5, 5.41) is 8.31. The summed E-state index contributed by atoms with van der Waals surface area (Å²) >= 11 is 0. The van der Waals surface area contributed by atoms with Gasteiger partial charge in [-0.05, 0) is 32.0 Å². The molecular formula is C15H14N4O2. The Kier molecular flexibility index (Phi) is 3.35. The van der Waals surface area contributed by atoms with Gasteiger partial charge >= 0.3 is 0 Å². The number of aryl methyl sites for hydroxylation is 2. The van der Waals surface area contributed by atoms with E-state index in [0.717, 1.165) is 17.0 Å². The molecule has 3 aromatic heterocycles. The lowest BCUT2D eigenvalue weighted by Crippen LogP contribution is -2.23. The second-order valence-electron chi connectivity index (χ2n) is 4.73. The average molecular weight is 282 g/mol. The molecule has 21 heavy (non-hydrogen) atoms. The van der Waals surface area contributed by atoms with Crippen LogP contribution in [-0.2, 0) is 6.54 Å². The van der Waals surface area contributed by atoms with Gasteiger partial charge in [-0.15, -0.1) is 0 Å². The summed E-state index contributed by atoms with van der Waals surface area (Å²) in [6.07, 6.45) is 1.69. The van der Waals surface area contributed by atoms with Crippen LogP contribution in [-0.4, -0.2) is 19.9 Å². The largest absolute Gasteiger partial charge is 0.361 e. The van der Waals surface area contributed by atoms with E-state index in [2.05, 4.69) is 15.2 Å². The normalized spacial score (nSPS) is 10.8. The zero-order valence-corrected chi connectivity index (χ0v) is 11.8. The number of nitrogens with zero attached hydrogens (tertiary/aromatic N) is 4. The van der Waals surface area contributed by atoms with Crippen molar-refractivity contribution in [3.63, 3.8) is 0 Å². The van der Waals surface area contributed by atoms with Crippen molar-refractivity contribution >= 4 is 0 Å². The Morgan fingerprint density at radius 3 is 2.71 bits per heavy atom. The minimum absolute atomic E-state index is 0.170. The molecule has 0 N–H and O–H groups in total. The van der Waals surface area contributed by atoms with Crippen LogP contribution >= 0.6 is 0 Å². The molecule has 0 aliphatic carbocycles. The first-order valence-electron chi connectivity index (χ1n) is 6.56. The molecular weight excluding hydrogens is 268 g/mol. The molecule has 0 atom stereocenters. The molecule has 0 unspecified atom stereocenters. The van der Waals surface area contributed by atoms with Gasteiger partial charge in [-0.1, -0.05) is 11.2 Å². The molecule has 6 nitrogen and oxygen atoms in total. The summed E-state index contributed by atoms with van der Waals surface area (Å²) in [4.78, 5) is 16.2. The quantitative estimate of drug-likeness (QED) is 0.734. The van der Waals surface area contributed by atoms with Crippen LogP contribution in [0.25, 0.3) is 11.3 Å². The van der Waals surface area contributed by atoms with Crippen LogP contribution in [0.15, 0.2) is 45.8 Å². The van der Waals surface area contributed by atoms with E-state index in [9.17, 15) is 4.79 Å². The third kappa shape index (κ3) is 2.60. The van der Waals surface area contributed by atoms with Gasteiger partial charge in [-0.2, -0.15) is 5.10 Å². The van der Waals surface area contributed by atoms with Crippen molar-refractivity contribution in [3.05, 3.63) is 64.0 Å². The number of pyridine rings is 1. The summed E-state index contributed by atoms with van der Waals surface area (Å²) in [7, 11) is 0. The SMILES string of the molecule is Cc1noc(C)c1-c1ccc(=O)n(Cc2ccccn2)n1. The molecule has 0 spiro atoms. The van der Waals surface area contributed by atoms with Gasteiger partial charge in [0.05, 0.1) is 29.2 Å². The topological polar surface area (TPSA) is 73.8 Å². The molecule has 0 aliphatic heterocycles. The van der Waals surface area contributed by atoms with E-state index in [-0.39, 0.29) is 5.56 Å².